The minimum absolute atomic E-state index is 0. The Kier molecular flexibility index (Phi) is 10.7. The molecule has 4 N–H and O–H groups in total. The minimum Gasteiger partial charge on any atom is -0.543 e. The molecule has 2 fully saturated rings. The van der Waals surface area contributed by atoms with Crippen molar-refractivity contribution < 1.29 is 58.7 Å². The summed E-state index contributed by atoms with van der Waals surface area (Å²) in [5.41, 5.74) is 5.83. The summed E-state index contributed by atoms with van der Waals surface area (Å²) in [6, 6.07) is -1.05. The van der Waals surface area contributed by atoms with Crippen LogP contribution in [0.1, 0.15) is 5.69 Å². The number of carbonyl (C=O) groups excluding carboxylic acids is 4. The third-order valence-electron chi connectivity index (χ3n) is 6.67. The van der Waals surface area contributed by atoms with Crippen molar-refractivity contribution in [1.82, 2.24) is 50.2 Å². The summed E-state index contributed by atoms with van der Waals surface area (Å²) in [5, 5.41) is 32.6. The van der Waals surface area contributed by atoms with Gasteiger partial charge < -0.3 is 40.6 Å². The fraction of sp³-hybridized carbons (Fsp3) is 0.500. The summed E-state index contributed by atoms with van der Waals surface area (Å²) in [5.74, 6) is -2.64. The van der Waals surface area contributed by atoms with Crippen molar-refractivity contribution in [2.75, 3.05) is 50.0 Å². The second kappa shape index (κ2) is 14.1. The molecular weight excluding hydrogens is 615 g/mol. The number of fused-ring (bicyclic) bond motifs is 1. The molecule has 43 heavy (non-hydrogen) atoms. The van der Waals surface area contributed by atoms with E-state index >= 15 is 0 Å². The van der Waals surface area contributed by atoms with Crippen molar-refractivity contribution in [2.45, 2.75) is 16.6 Å². The van der Waals surface area contributed by atoms with Crippen molar-refractivity contribution >= 4 is 58.9 Å². The van der Waals surface area contributed by atoms with Crippen LogP contribution >= 0.6 is 23.5 Å². The van der Waals surface area contributed by atoms with E-state index in [1.54, 1.807) is 19.0 Å². The number of β-lactam (4-membered cyclic amide) rings is 1. The molecule has 3 amide bonds. The van der Waals surface area contributed by atoms with Gasteiger partial charge in [-0.25, -0.2) is 9.67 Å². The normalized spacial score (nSPS) is 20.2. The Bertz CT molecular complexity index is 1450. The molecule has 0 spiro atoms. The molecule has 2 aromatic rings. The Morgan fingerprint density at radius 1 is 1.30 bits per heavy atom. The van der Waals surface area contributed by atoms with Crippen LogP contribution in [0.2, 0.25) is 0 Å². The van der Waals surface area contributed by atoms with Crippen molar-refractivity contribution in [2.24, 2.45) is 19.3 Å². The van der Waals surface area contributed by atoms with E-state index in [9.17, 15) is 24.3 Å². The number of imidazole rings is 1. The number of aryl methyl sites for hydroxylation is 2. The summed E-state index contributed by atoms with van der Waals surface area (Å²) >= 11 is 2.52. The van der Waals surface area contributed by atoms with E-state index in [-0.39, 0.29) is 70.0 Å². The van der Waals surface area contributed by atoms with Gasteiger partial charge in [0.2, 0.25) is 11.1 Å². The number of thioether (sulfide) groups is 2. The van der Waals surface area contributed by atoms with Crippen LogP contribution in [0, 0.1) is 0 Å². The number of rotatable bonds is 10. The van der Waals surface area contributed by atoms with E-state index in [1.165, 1.54) is 39.0 Å². The van der Waals surface area contributed by atoms with Crippen LogP contribution in [0.3, 0.4) is 0 Å². The Balaban J connectivity index is 0.00000423. The Morgan fingerprint density at radius 2 is 2.05 bits per heavy atom. The number of hydrogen-bond acceptors (Lipinski definition) is 15. The number of nitrogens with two attached hydrogens (primary N) is 1. The first-order valence-electron chi connectivity index (χ1n) is 12.7. The molecule has 0 saturated carbocycles. The number of nitrogen functional groups attached to an aromatic ring is 1. The standard InChI is InChI=1S/C22H28N12O6S2.Na/c1-31-7-12(25-21(31)23)14(28-40-8-13(35)33-5-3-24-4-6-33)17(36)26-15-18(37)34-16(20(38)39)11(9-41-19(15)34)10-42-22-27-29-30-32(22)2;/h7,15,19,24H,3-6,8-10H2,1-2H3,(H2,23,25)(H,26,36)(H,38,39);/q;+1/p-1/b28-14-;/t15-,19-;/m1./s1. The summed E-state index contributed by atoms with van der Waals surface area (Å²) in [6.45, 7) is 1.97. The van der Waals surface area contributed by atoms with Gasteiger partial charge >= 0.3 is 29.6 Å². The van der Waals surface area contributed by atoms with Crippen LogP contribution in [0.25, 0.3) is 0 Å². The first kappa shape index (κ1) is 32.7. The van der Waals surface area contributed by atoms with Gasteiger partial charge in [-0.15, -0.1) is 16.9 Å². The molecule has 5 rings (SSSR count). The number of nitrogens with zero attached hydrogens (tertiary/aromatic N) is 9. The topological polar surface area (TPSA) is 231 Å². The van der Waals surface area contributed by atoms with Gasteiger partial charge in [-0.05, 0) is 16.0 Å². The van der Waals surface area contributed by atoms with Crippen molar-refractivity contribution in [3.63, 3.8) is 0 Å². The zero-order valence-electron chi connectivity index (χ0n) is 23.6. The third kappa shape index (κ3) is 6.99. The van der Waals surface area contributed by atoms with Gasteiger partial charge in [-0.1, -0.05) is 16.9 Å². The molecule has 3 aliphatic heterocycles. The molecule has 0 radical (unpaired) electrons. The average molecular weight is 643 g/mol. The van der Waals surface area contributed by atoms with Crippen molar-refractivity contribution in [3.05, 3.63) is 23.2 Å². The van der Waals surface area contributed by atoms with E-state index in [0.29, 0.717) is 36.9 Å². The maximum absolute atomic E-state index is 13.3. The molecule has 21 heteroatoms. The number of carboxylic acids is 1. The molecule has 224 valence electrons. The minimum atomic E-state index is -1.50. The van der Waals surface area contributed by atoms with E-state index in [4.69, 9.17) is 10.6 Å². The fourth-order valence-electron chi connectivity index (χ4n) is 4.44. The number of piperazine rings is 1. The third-order valence-corrected chi connectivity index (χ3v) is 9.10. The largest absolute Gasteiger partial charge is 1.00 e. The molecule has 0 bridgehead atoms. The van der Waals surface area contributed by atoms with Crippen molar-refractivity contribution in [1.29, 1.82) is 0 Å². The van der Waals surface area contributed by atoms with Gasteiger partial charge in [0.1, 0.15) is 17.1 Å². The molecule has 2 saturated heterocycles. The molecular formula is C22H27N12NaO6S2. The number of carboxylic acid groups (broad SMARTS) is 1. The van der Waals surface area contributed by atoms with Gasteiger partial charge in [-0.3, -0.25) is 19.3 Å². The Morgan fingerprint density at radius 3 is 2.67 bits per heavy atom. The Hall–Kier alpha value is -3.17. The van der Waals surface area contributed by atoms with E-state index in [1.807, 2.05) is 0 Å². The van der Waals surface area contributed by atoms with Crippen LogP contribution in [0.5, 0.6) is 0 Å². The zero-order valence-corrected chi connectivity index (χ0v) is 27.2. The molecule has 2 atom stereocenters. The molecule has 18 nitrogen and oxygen atoms in total. The predicted octanol–water partition coefficient (Wildman–Crippen LogP) is -7.12. The molecule has 0 aromatic carbocycles. The molecule has 3 aliphatic rings. The number of oxime groups is 1. The number of anilines is 1. The number of hydrogen-bond donors (Lipinski definition) is 3. The van der Waals surface area contributed by atoms with Crippen molar-refractivity contribution in [3.8, 4) is 0 Å². The maximum Gasteiger partial charge on any atom is 1.00 e. The summed E-state index contributed by atoms with van der Waals surface area (Å²) in [4.78, 5) is 63.1. The van der Waals surface area contributed by atoms with Crippen LogP contribution in [0.15, 0.2) is 27.8 Å². The van der Waals surface area contributed by atoms with Gasteiger partial charge in [0.15, 0.2) is 12.3 Å². The second-order valence-electron chi connectivity index (χ2n) is 9.41. The molecule has 0 unspecified atom stereocenters. The van der Waals surface area contributed by atoms with Crippen LogP contribution in [-0.4, -0.2) is 125 Å². The monoisotopic (exact) mass is 642 g/mol. The van der Waals surface area contributed by atoms with Crippen LogP contribution in [0.4, 0.5) is 5.95 Å². The fourth-order valence-corrected chi connectivity index (χ4v) is 6.78. The van der Waals surface area contributed by atoms with E-state index < -0.39 is 35.8 Å². The Labute approximate surface area is 275 Å². The quantitative estimate of drug-likeness (QED) is 0.0719. The SMILES string of the molecule is Cn1cc(/C(=N/OCC(=O)N2CCNCC2)C(=O)N[C@@H]2C(=O)N3C(C(=O)[O-])=C(CSc4nnnn4C)CS[C@H]23)nc1N.[Na+]. The zero-order chi connectivity index (χ0) is 30.0. The first-order chi connectivity index (χ1) is 20.2. The van der Waals surface area contributed by atoms with Crippen LogP contribution in [-0.2, 0) is 38.1 Å². The number of carbonyl (C=O) groups is 4. The smallest absolute Gasteiger partial charge is 0.543 e. The number of nitrogens with one attached hydrogen (secondary N) is 2. The number of tetrazole rings is 1. The molecule has 2 aromatic heterocycles. The first-order valence-corrected chi connectivity index (χ1v) is 14.7. The van der Waals surface area contributed by atoms with Gasteiger partial charge in [0.25, 0.3) is 17.7 Å². The molecule has 5 heterocycles. The predicted molar refractivity (Wildman–Crippen MR) is 146 cm³/mol. The van der Waals surface area contributed by atoms with Crippen LogP contribution < -0.4 is 51.0 Å². The number of aromatic nitrogens is 6. The van der Waals surface area contributed by atoms with Gasteiger partial charge in [0, 0.05) is 58.0 Å². The second-order valence-corrected chi connectivity index (χ2v) is 11.5. The summed E-state index contributed by atoms with van der Waals surface area (Å²) in [7, 11) is 3.27. The van der Waals surface area contributed by atoms with E-state index in [2.05, 4.69) is 36.3 Å². The van der Waals surface area contributed by atoms with Gasteiger partial charge in [-0.2, -0.15) is 0 Å². The number of aliphatic carboxylic acids is 1. The van der Waals surface area contributed by atoms with E-state index in [0.717, 1.165) is 4.90 Å². The number of amides is 3. The molecule has 0 aliphatic carbocycles. The maximum atomic E-state index is 13.3. The average Bonchev–Trinajstić information content (AvgIpc) is 3.55. The summed E-state index contributed by atoms with van der Waals surface area (Å²) < 4.78 is 2.91. The van der Waals surface area contributed by atoms with Gasteiger partial charge in [0.05, 0.1) is 11.7 Å². The summed E-state index contributed by atoms with van der Waals surface area (Å²) in [6.07, 6.45) is 1.45.